The van der Waals surface area contributed by atoms with Crippen molar-refractivity contribution in [2.24, 2.45) is 11.8 Å². The normalized spacial score (nSPS) is 20.7. The van der Waals surface area contributed by atoms with E-state index in [1.165, 1.54) is 0 Å². The van der Waals surface area contributed by atoms with Crippen molar-refractivity contribution in [3.05, 3.63) is 64.4 Å². The lowest BCUT2D eigenvalue weighted by Crippen LogP contribution is -2.28. The van der Waals surface area contributed by atoms with Crippen molar-refractivity contribution >= 4 is 5.91 Å². The first kappa shape index (κ1) is 18.4. The van der Waals surface area contributed by atoms with Crippen molar-refractivity contribution in [2.45, 2.75) is 33.6 Å². The number of fused-ring (bicyclic) bond motifs is 1. The Bertz CT molecular complexity index is 982. The van der Waals surface area contributed by atoms with E-state index >= 15 is 0 Å². The Morgan fingerprint density at radius 2 is 1.64 bits per heavy atom. The topological polar surface area (TPSA) is 57.0 Å². The number of pyridine rings is 1. The highest BCUT2D eigenvalue weighted by Gasteiger charge is 2.35. The summed E-state index contributed by atoms with van der Waals surface area (Å²) in [6.45, 7) is 7.63. The molecule has 142 valence electrons. The van der Waals surface area contributed by atoms with E-state index in [4.69, 9.17) is 0 Å². The first-order valence-corrected chi connectivity index (χ1v) is 9.92. The second kappa shape index (κ2) is 7.24. The molecule has 1 fully saturated rings. The van der Waals surface area contributed by atoms with Crippen LogP contribution in [-0.2, 0) is 0 Å². The van der Waals surface area contributed by atoms with Crippen LogP contribution in [0, 0.1) is 43.9 Å². The lowest BCUT2D eigenvalue weighted by Gasteiger charge is -2.17. The Hall–Kier alpha value is -2.93. The summed E-state index contributed by atoms with van der Waals surface area (Å²) in [4.78, 5) is 19.6. The first-order valence-electron chi connectivity index (χ1n) is 9.92. The number of hydrogen-bond donors (Lipinski definition) is 0. The van der Waals surface area contributed by atoms with Crippen LogP contribution in [0.5, 0.6) is 0 Å². The minimum atomic E-state index is 0.102. The maximum absolute atomic E-state index is 13.0. The standard InChI is InChI=1S/C24H25N3O/c1-15-16(2)22(12-25)23(26-17(15)3)18-8-10-19(11-9-18)24(28)27-13-20-6-4-5-7-21(20)14-27/h4-5,8-11,20-21H,6-7,13-14H2,1-3H3/t20-,21+. The van der Waals surface area contributed by atoms with Crippen LogP contribution >= 0.6 is 0 Å². The molecular weight excluding hydrogens is 346 g/mol. The molecule has 4 nitrogen and oxygen atoms in total. The van der Waals surface area contributed by atoms with Gasteiger partial charge >= 0.3 is 0 Å². The number of benzene rings is 1. The maximum atomic E-state index is 13.0. The molecule has 1 aromatic carbocycles. The number of carbonyl (C=O) groups is 1. The maximum Gasteiger partial charge on any atom is 0.253 e. The molecule has 2 atom stereocenters. The molecular formula is C24H25N3O. The average molecular weight is 371 g/mol. The lowest BCUT2D eigenvalue weighted by atomic mass is 9.86. The Balaban J connectivity index is 1.59. The van der Waals surface area contributed by atoms with Gasteiger partial charge in [-0.3, -0.25) is 9.78 Å². The quantitative estimate of drug-likeness (QED) is 0.726. The van der Waals surface area contributed by atoms with Gasteiger partial charge < -0.3 is 4.90 Å². The van der Waals surface area contributed by atoms with Crippen molar-refractivity contribution in [3.8, 4) is 17.3 Å². The van der Waals surface area contributed by atoms with Gasteiger partial charge in [0, 0.05) is 29.9 Å². The highest BCUT2D eigenvalue weighted by Crippen LogP contribution is 2.34. The minimum Gasteiger partial charge on any atom is -0.338 e. The summed E-state index contributed by atoms with van der Waals surface area (Å²) in [6, 6.07) is 9.85. The average Bonchev–Trinajstić information content (AvgIpc) is 3.15. The third-order valence-corrected chi connectivity index (χ3v) is 6.42. The highest BCUT2D eigenvalue weighted by atomic mass is 16.2. The number of nitrogens with zero attached hydrogens (tertiary/aromatic N) is 3. The molecule has 1 aromatic heterocycles. The molecule has 2 heterocycles. The summed E-state index contributed by atoms with van der Waals surface area (Å²) >= 11 is 0. The number of likely N-dealkylation sites (tertiary alicyclic amines) is 1. The van der Waals surface area contributed by atoms with E-state index in [0.717, 1.165) is 48.3 Å². The van der Waals surface area contributed by atoms with E-state index in [1.807, 2.05) is 49.9 Å². The summed E-state index contributed by atoms with van der Waals surface area (Å²) in [6.07, 6.45) is 6.66. The molecule has 28 heavy (non-hydrogen) atoms. The molecule has 1 amide bonds. The predicted octanol–water partition coefficient (Wildman–Crippen LogP) is 4.58. The van der Waals surface area contributed by atoms with Gasteiger partial charge in [0.05, 0.1) is 11.3 Å². The third-order valence-electron chi connectivity index (χ3n) is 6.42. The molecule has 0 unspecified atom stereocenters. The SMILES string of the molecule is Cc1nc(-c2ccc(C(=O)N3C[C@H]4CC=CC[C@H]4C3)cc2)c(C#N)c(C)c1C. The van der Waals surface area contributed by atoms with Crippen molar-refractivity contribution in [3.63, 3.8) is 0 Å². The summed E-state index contributed by atoms with van der Waals surface area (Å²) in [5, 5.41) is 9.61. The predicted molar refractivity (Wildman–Crippen MR) is 110 cm³/mol. The second-order valence-electron chi connectivity index (χ2n) is 8.03. The van der Waals surface area contributed by atoms with Gasteiger partial charge in [-0.1, -0.05) is 24.3 Å². The largest absolute Gasteiger partial charge is 0.338 e. The zero-order chi connectivity index (χ0) is 19.8. The molecule has 4 rings (SSSR count). The first-order chi connectivity index (χ1) is 13.5. The number of aromatic nitrogens is 1. The number of hydrogen-bond acceptors (Lipinski definition) is 3. The Labute approximate surface area is 166 Å². The number of allylic oxidation sites excluding steroid dienone is 2. The number of carbonyl (C=O) groups excluding carboxylic acids is 1. The summed E-state index contributed by atoms with van der Waals surface area (Å²) < 4.78 is 0. The Kier molecular flexibility index (Phi) is 4.77. The van der Waals surface area contributed by atoms with Crippen LogP contribution in [0.15, 0.2) is 36.4 Å². The highest BCUT2D eigenvalue weighted by molar-refractivity contribution is 5.95. The molecule has 0 radical (unpaired) electrons. The minimum absolute atomic E-state index is 0.102. The van der Waals surface area contributed by atoms with Crippen LogP contribution in [0.2, 0.25) is 0 Å². The zero-order valence-corrected chi connectivity index (χ0v) is 16.7. The van der Waals surface area contributed by atoms with Gasteiger partial charge in [0.2, 0.25) is 0 Å². The molecule has 2 aliphatic rings. The van der Waals surface area contributed by atoms with Crippen LogP contribution in [0.4, 0.5) is 0 Å². The fourth-order valence-corrected chi connectivity index (χ4v) is 4.42. The third kappa shape index (κ3) is 3.11. The van der Waals surface area contributed by atoms with Gasteiger partial charge in [0.15, 0.2) is 0 Å². The van der Waals surface area contributed by atoms with Gasteiger partial charge in [-0.2, -0.15) is 5.26 Å². The van der Waals surface area contributed by atoms with Gasteiger partial charge in [0.1, 0.15) is 6.07 Å². The molecule has 0 spiro atoms. The van der Waals surface area contributed by atoms with Crippen molar-refractivity contribution in [2.75, 3.05) is 13.1 Å². The molecule has 2 aromatic rings. The van der Waals surface area contributed by atoms with Crippen LogP contribution in [-0.4, -0.2) is 28.9 Å². The molecule has 4 heteroatoms. The van der Waals surface area contributed by atoms with Gasteiger partial charge in [0.25, 0.3) is 5.91 Å². The summed E-state index contributed by atoms with van der Waals surface area (Å²) in [5.41, 5.74) is 5.84. The van der Waals surface area contributed by atoms with Crippen molar-refractivity contribution < 1.29 is 4.79 Å². The van der Waals surface area contributed by atoms with Crippen molar-refractivity contribution in [1.82, 2.24) is 9.88 Å². The van der Waals surface area contributed by atoms with Crippen LogP contribution in [0.1, 0.15) is 45.6 Å². The van der Waals surface area contributed by atoms with Gasteiger partial charge in [-0.25, -0.2) is 0 Å². The molecule has 1 aliphatic heterocycles. The monoisotopic (exact) mass is 371 g/mol. The van der Waals surface area contributed by atoms with Crippen LogP contribution < -0.4 is 0 Å². The fourth-order valence-electron chi connectivity index (χ4n) is 4.42. The smallest absolute Gasteiger partial charge is 0.253 e. The summed E-state index contributed by atoms with van der Waals surface area (Å²) in [7, 11) is 0. The number of nitriles is 1. The van der Waals surface area contributed by atoms with Crippen molar-refractivity contribution in [1.29, 1.82) is 5.26 Å². The van der Waals surface area contributed by atoms with E-state index in [1.54, 1.807) is 0 Å². The lowest BCUT2D eigenvalue weighted by molar-refractivity contribution is 0.0784. The number of rotatable bonds is 2. The Morgan fingerprint density at radius 1 is 1.04 bits per heavy atom. The zero-order valence-electron chi connectivity index (χ0n) is 16.7. The molecule has 0 N–H and O–H groups in total. The van der Waals surface area contributed by atoms with Crippen LogP contribution in [0.3, 0.4) is 0 Å². The van der Waals surface area contributed by atoms with E-state index in [-0.39, 0.29) is 5.91 Å². The fraction of sp³-hybridized carbons (Fsp3) is 0.375. The van der Waals surface area contributed by atoms with Gasteiger partial charge in [-0.15, -0.1) is 0 Å². The Morgan fingerprint density at radius 3 is 2.21 bits per heavy atom. The molecule has 0 bridgehead atoms. The van der Waals surface area contributed by atoms with Crippen LogP contribution in [0.25, 0.3) is 11.3 Å². The molecule has 1 aliphatic carbocycles. The summed E-state index contributed by atoms with van der Waals surface area (Å²) in [5.74, 6) is 1.31. The van der Waals surface area contributed by atoms with E-state index in [2.05, 4.69) is 23.2 Å². The van der Waals surface area contributed by atoms with E-state index in [0.29, 0.717) is 28.7 Å². The van der Waals surface area contributed by atoms with Gasteiger partial charge in [-0.05, 0) is 68.7 Å². The van der Waals surface area contributed by atoms with E-state index < -0.39 is 0 Å². The number of amides is 1. The molecule has 0 saturated carbocycles. The molecule has 1 saturated heterocycles. The second-order valence-corrected chi connectivity index (χ2v) is 8.03. The van der Waals surface area contributed by atoms with E-state index in [9.17, 15) is 10.1 Å². The number of aryl methyl sites for hydroxylation is 1.